The summed E-state index contributed by atoms with van der Waals surface area (Å²) in [4.78, 5) is 40.9. The topological polar surface area (TPSA) is 88.7 Å². The van der Waals surface area contributed by atoms with Gasteiger partial charge in [0.15, 0.2) is 0 Å². The fourth-order valence-corrected chi connectivity index (χ4v) is 4.00. The summed E-state index contributed by atoms with van der Waals surface area (Å²) in [5, 5.41) is 3.18. The minimum absolute atomic E-state index is 0.0241. The first-order valence-corrected chi connectivity index (χ1v) is 9.57. The lowest BCUT2D eigenvalue weighted by molar-refractivity contribution is -0.121. The molecule has 28 heavy (non-hydrogen) atoms. The highest BCUT2D eigenvalue weighted by atomic mass is 32.2. The van der Waals surface area contributed by atoms with Gasteiger partial charge < -0.3 is 9.73 Å². The third kappa shape index (κ3) is 3.61. The summed E-state index contributed by atoms with van der Waals surface area (Å²) in [5.74, 6) is -0.699. The van der Waals surface area contributed by atoms with Gasteiger partial charge in [0.25, 0.3) is 5.91 Å². The van der Waals surface area contributed by atoms with Crippen molar-refractivity contribution in [3.8, 4) is 0 Å². The van der Waals surface area contributed by atoms with Crippen molar-refractivity contribution in [2.24, 2.45) is 4.99 Å². The van der Waals surface area contributed by atoms with Gasteiger partial charge in [-0.2, -0.15) is 0 Å². The maximum absolute atomic E-state index is 12.3. The average Bonchev–Trinajstić information content (AvgIpc) is 3.03. The molecule has 0 fully saturated rings. The number of thioether (sulfide) groups is 1. The zero-order chi connectivity index (χ0) is 19.7. The van der Waals surface area contributed by atoms with E-state index in [1.54, 1.807) is 24.3 Å². The van der Waals surface area contributed by atoms with Crippen molar-refractivity contribution in [1.29, 1.82) is 0 Å². The molecule has 0 aliphatic carbocycles. The molecule has 140 valence electrons. The molecule has 0 saturated carbocycles. The fourth-order valence-electron chi connectivity index (χ4n) is 2.93. The number of fused-ring (bicyclic) bond motifs is 1. The molecule has 1 aliphatic rings. The lowest BCUT2D eigenvalue weighted by atomic mass is 10.2. The number of para-hydroxylation sites is 2. The zero-order valence-electron chi connectivity index (χ0n) is 15.0. The van der Waals surface area contributed by atoms with Gasteiger partial charge in [-0.25, -0.2) is 9.79 Å². The first-order valence-electron chi connectivity index (χ1n) is 8.69. The van der Waals surface area contributed by atoms with Crippen molar-refractivity contribution in [1.82, 2.24) is 0 Å². The van der Waals surface area contributed by atoms with Crippen molar-refractivity contribution in [2.45, 2.75) is 18.6 Å². The van der Waals surface area contributed by atoms with Crippen LogP contribution in [0.5, 0.6) is 0 Å². The summed E-state index contributed by atoms with van der Waals surface area (Å²) in [5.41, 5.74) is 1.80. The van der Waals surface area contributed by atoms with Gasteiger partial charge in [-0.05, 0) is 30.7 Å². The number of anilines is 1. The monoisotopic (exact) mass is 392 g/mol. The number of hydrogen-bond acceptors (Lipinski definition) is 5. The molecule has 7 heteroatoms. The Kier molecular flexibility index (Phi) is 4.83. The Labute approximate surface area is 164 Å². The Hall–Kier alpha value is -3.19. The number of aliphatic imine (C=N–C) groups is 1. The van der Waals surface area contributed by atoms with Crippen LogP contribution in [0, 0.1) is 6.92 Å². The van der Waals surface area contributed by atoms with Gasteiger partial charge in [0.05, 0.1) is 5.56 Å². The molecule has 1 atom stereocenters. The Morgan fingerprint density at radius 2 is 1.89 bits per heavy atom. The predicted molar refractivity (Wildman–Crippen MR) is 110 cm³/mol. The van der Waals surface area contributed by atoms with Gasteiger partial charge in [-0.1, -0.05) is 48.2 Å². The van der Waals surface area contributed by atoms with Crippen LogP contribution < -0.4 is 10.9 Å². The summed E-state index contributed by atoms with van der Waals surface area (Å²) >= 11 is 1.12. The van der Waals surface area contributed by atoms with Crippen LogP contribution in [0.4, 0.5) is 5.69 Å². The third-order valence-electron chi connectivity index (χ3n) is 4.40. The van der Waals surface area contributed by atoms with Crippen LogP contribution in [0.1, 0.15) is 17.5 Å². The van der Waals surface area contributed by atoms with E-state index in [1.165, 1.54) is 0 Å². The molecule has 2 amide bonds. The van der Waals surface area contributed by atoms with E-state index in [0.717, 1.165) is 22.7 Å². The number of aryl methyl sites for hydroxylation is 1. The Bertz CT molecular complexity index is 1180. The van der Waals surface area contributed by atoms with Crippen LogP contribution in [0.25, 0.3) is 11.0 Å². The van der Waals surface area contributed by atoms with Crippen molar-refractivity contribution in [3.05, 3.63) is 76.1 Å². The van der Waals surface area contributed by atoms with Crippen LogP contribution in [0.3, 0.4) is 0 Å². The lowest BCUT2D eigenvalue weighted by Gasteiger charge is -2.10. The van der Waals surface area contributed by atoms with Gasteiger partial charge in [0, 0.05) is 17.5 Å². The fraction of sp³-hybridized carbons (Fsp3) is 0.143. The number of rotatable bonds is 4. The second-order valence-electron chi connectivity index (χ2n) is 6.41. The second kappa shape index (κ2) is 7.44. The van der Waals surface area contributed by atoms with Gasteiger partial charge in [-0.3, -0.25) is 9.59 Å². The molecule has 2 aromatic carbocycles. The molecule has 2 heterocycles. The number of hydrogen-bond donors (Lipinski definition) is 1. The molecule has 1 aromatic heterocycles. The molecule has 6 nitrogen and oxygen atoms in total. The van der Waals surface area contributed by atoms with Crippen molar-refractivity contribution in [3.63, 3.8) is 0 Å². The zero-order valence-corrected chi connectivity index (χ0v) is 15.8. The van der Waals surface area contributed by atoms with E-state index in [-0.39, 0.29) is 22.9 Å². The quantitative estimate of drug-likeness (QED) is 0.686. The van der Waals surface area contributed by atoms with Crippen molar-refractivity contribution >= 4 is 45.3 Å². The molecule has 1 aliphatic heterocycles. The molecule has 0 radical (unpaired) electrons. The average molecular weight is 392 g/mol. The Morgan fingerprint density at radius 1 is 1.14 bits per heavy atom. The van der Waals surface area contributed by atoms with Crippen molar-refractivity contribution < 1.29 is 14.0 Å². The van der Waals surface area contributed by atoms with Crippen LogP contribution >= 0.6 is 11.8 Å². The molecule has 3 aromatic rings. The highest BCUT2D eigenvalue weighted by molar-refractivity contribution is 8.16. The van der Waals surface area contributed by atoms with E-state index in [0.29, 0.717) is 11.3 Å². The van der Waals surface area contributed by atoms with Crippen LogP contribution in [-0.2, 0) is 9.59 Å². The Balaban J connectivity index is 1.50. The Morgan fingerprint density at radius 3 is 2.71 bits per heavy atom. The van der Waals surface area contributed by atoms with Gasteiger partial charge >= 0.3 is 5.63 Å². The summed E-state index contributed by atoms with van der Waals surface area (Å²) in [6.45, 7) is 1.89. The number of benzene rings is 2. The van der Waals surface area contributed by atoms with Crippen LogP contribution in [0.2, 0.25) is 0 Å². The minimum Gasteiger partial charge on any atom is -0.422 e. The van der Waals surface area contributed by atoms with E-state index in [2.05, 4.69) is 10.3 Å². The maximum atomic E-state index is 12.3. The predicted octanol–water partition coefficient (Wildman–Crippen LogP) is 3.52. The normalized spacial score (nSPS) is 16.2. The molecule has 4 rings (SSSR count). The number of carbonyl (C=O) groups is 2. The van der Waals surface area contributed by atoms with Gasteiger partial charge in [0.2, 0.25) is 5.91 Å². The summed E-state index contributed by atoms with van der Waals surface area (Å²) in [6, 6.07) is 16.2. The van der Waals surface area contributed by atoms with Crippen LogP contribution in [-0.4, -0.2) is 22.1 Å². The minimum atomic E-state index is -0.662. The van der Waals surface area contributed by atoms with E-state index in [1.807, 2.05) is 37.3 Å². The number of nitrogens with zero attached hydrogens (tertiary/aromatic N) is 1. The number of carbonyl (C=O) groups excluding carboxylic acids is 2. The SMILES string of the molecule is Cc1ccccc1NC(=O)C[C@H]1SC(c2cc3ccccc3oc2=O)=NC1=O. The van der Waals surface area contributed by atoms with E-state index in [9.17, 15) is 14.4 Å². The molecule has 0 spiro atoms. The first kappa shape index (κ1) is 18.2. The molecule has 1 N–H and O–H groups in total. The van der Waals surface area contributed by atoms with Crippen LogP contribution in [0.15, 0.2) is 68.8 Å². The molecular formula is C21H16N2O4S. The highest BCUT2D eigenvalue weighted by Gasteiger charge is 2.32. The number of nitrogens with one attached hydrogen (secondary N) is 1. The summed E-state index contributed by atoms with van der Waals surface area (Å²) in [6.07, 6.45) is -0.0241. The molecule has 0 bridgehead atoms. The lowest BCUT2D eigenvalue weighted by Crippen LogP contribution is -2.21. The highest BCUT2D eigenvalue weighted by Crippen LogP contribution is 2.29. The number of amides is 2. The van der Waals surface area contributed by atoms with E-state index >= 15 is 0 Å². The van der Waals surface area contributed by atoms with Crippen molar-refractivity contribution in [2.75, 3.05) is 5.32 Å². The molecule has 0 unspecified atom stereocenters. The summed E-state index contributed by atoms with van der Waals surface area (Å²) in [7, 11) is 0. The smallest absolute Gasteiger partial charge is 0.346 e. The standard InChI is InChI=1S/C21H16N2O4S/c1-12-6-2-4-8-15(12)22-18(24)11-17-19(25)23-20(28-17)14-10-13-7-3-5-9-16(13)27-21(14)26/h2-10,17H,11H2,1H3,(H,22,24)/t17-/m1/s1. The van der Waals surface area contributed by atoms with E-state index < -0.39 is 16.8 Å². The second-order valence-corrected chi connectivity index (χ2v) is 7.61. The molecule has 0 saturated heterocycles. The largest absolute Gasteiger partial charge is 0.422 e. The third-order valence-corrected chi connectivity index (χ3v) is 5.59. The van der Waals surface area contributed by atoms with Gasteiger partial charge in [-0.15, -0.1) is 0 Å². The molecular weight excluding hydrogens is 376 g/mol. The van der Waals surface area contributed by atoms with E-state index in [4.69, 9.17) is 4.42 Å². The maximum Gasteiger partial charge on any atom is 0.346 e. The summed E-state index contributed by atoms with van der Waals surface area (Å²) < 4.78 is 5.31. The first-order chi connectivity index (χ1) is 13.5. The van der Waals surface area contributed by atoms with Gasteiger partial charge in [0.1, 0.15) is 15.9 Å².